The first-order valence-electron chi connectivity index (χ1n) is 3.29. The number of likely N-dealkylation sites (tertiary alicyclic amines) is 1. The lowest BCUT2D eigenvalue weighted by molar-refractivity contribution is -0.172. The van der Waals surface area contributed by atoms with Crippen LogP contribution in [0.15, 0.2) is 0 Å². The average molecular weight is 153 g/mol. The van der Waals surface area contributed by atoms with Gasteiger partial charge in [0.15, 0.2) is 0 Å². The van der Waals surface area contributed by atoms with Gasteiger partial charge in [0.05, 0.1) is 0 Å². The highest BCUT2D eigenvalue weighted by Gasteiger charge is 2.44. The van der Waals surface area contributed by atoms with Crippen LogP contribution in [0.1, 0.15) is 12.8 Å². The minimum atomic E-state index is -4.02. The molecule has 10 heavy (non-hydrogen) atoms. The van der Waals surface area contributed by atoms with Crippen molar-refractivity contribution < 1.29 is 13.2 Å². The van der Waals surface area contributed by atoms with Gasteiger partial charge in [-0.3, -0.25) is 4.90 Å². The van der Waals surface area contributed by atoms with Crippen LogP contribution < -0.4 is 0 Å². The fraction of sp³-hybridized carbons (Fsp3) is 1.00. The molecule has 0 aromatic heterocycles. The molecule has 1 aliphatic heterocycles. The van der Waals surface area contributed by atoms with Crippen LogP contribution >= 0.6 is 0 Å². The molecule has 0 aromatic carbocycles. The molecule has 4 heteroatoms. The topological polar surface area (TPSA) is 3.24 Å². The molecule has 0 unspecified atom stereocenters. The second-order valence-corrected chi connectivity index (χ2v) is 2.68. The van der Waals surface area contributed by atoms with Gasteiger partial charge in [0.2, 0.25) is 0 Å². The quantitative estimate of drug-likeness (QED) is 0.511. The van der Waals surface area contributed by atoms with E-state index in [-0.39, 0.29) is 6.42 Å². The van der Waals surface area contributed by atoms with Crippen LogP contribution in [0.5, 0.6) is 0 Å². The van der Waals surface area contributed by atoms with Crippen molar-refractivity contribution in [2.24, 2.45) is 0 Å². The highest BCUT2D eigenvalue weighted by atomic mass is 19.4. The van der Waals surface area contributed by atoms with Gasteiger partial charge in [0, 0.05) is 0 Å². The van der Waals surface area contributed by atoms with E-state index in [0.29, 0.717) is 13.0 Å². The minimum Gasteiger partial charge on any atom is -0.295 e. The van der Waals surface area contributed by atoms with E-state index < -0.39 is 12.2 Å². The normalized spacial score (nSPS) is 29.4. The summed E-state index contributed by atoms with van der Waals surface area (Å²) in [6.07, 6.45) is -3.09. The van der Waals surface area contributed by atoms with Crippen LogP contribution in [0.4, 0.5) is 13.2 Å². The second kappa shape index (κ2) is 2.42. The summed E-state index contributed by atoms with van der Waals surface area (Å²) in [6.45, 7) is 0.574. The van der Waals surface area contributed by atoms with Crippen molar-refractivity contribution in [3.05, 3.63) is 0 Å². The van der Waals surface area contributed by atoms with Gasteiger partial charge in [-0.25, -0.2) is 0 Å². The van der Waals surface area contributed by atoms with Crippen molar-refractivity contribution in [3.8, 4) is 0 Å². The van der Waals surface area contributed by atoms with Crippen LogP contribution in [0.25, 0.3) is 0 Å². The number of hydrogen-bond donors (Lipinski definition) is 0. The molecule has 1 nitrogen and oxygen atoms in total. The van der Waals surface area contributed by atoms with Crippen LogP contribution in [0.3, 0.4) is 0 Å². The number of alkyl halides is 3. The lowest BCUT2D eigenvalue weighted by Gasteiger charge is -2.21. The van der Waals surface area contributed by atoms with Crippen molar-refractivity contribution in [3.63, 3.8) is 0 Å². The monoisotopic (exact) mass is 153 g/mol. The Morgan fingerprint density at radius 3 is 2.20 bits per heavy atom. The van der Waals surface area contributed by atoms with E-state index in [2.05, 4.69) is 0 Å². The molecule has 0 aromatic rings. The van der Waals surface area contributed by atoms with Gasteiger partial charge >= 0.3 is 6.18 Å². The Kier molecular flexibility index (Phi) is 1.90. The van der Waals surface area contributed by atoms with E-state index in [1.807, 2.05) is 0 Å². The Hall–Kier alpha value is -0.250. The molecule has 1 rings (SSSR count). The molecule has 0 bridgehead atoms. The fourth-order valence-electron chi connectivity index (χ4n) is 1.32. The Morgan fingerprint density at radius 2 is 2.00 bits per heavy atom. The third kappa shape index (κ3) is 1.42. The van der Waals surface area contributed by atoms with Gasteiger partial charge in [-0.1, -0.05) is 0 Å². The molecule has 1 atom stereocenters. The lowest BCUT2D eigenvalue weighted by Crippen LogP contribution is -2.38. The molecule has 0 radical (unpaired) electrons. The highest BCUT2D eigenvalue weighted by molar-refractivity contribution is 4.82. The van der Waals surface area contributed by atoms with Gasteiger partial charge in [-0.15, -0.1) is 0 Å². The zero-order valence-electron chi connectivity index (χ0n) is 5.78. The second-order valence-electron chi connectivity index (χ2n) is 2.68. The molecular weight excluding hydrogens is 143 g/mol. The third-order valence-corrected chi connectivity index (χ3v) is 1.90. The Labute approximate surface area is 57.8 Å². The predicted octanol–water partition coefficient (Wildman–Crippen LogP) is 1.64. The zero-order valence-corrected chi connectivity index (χ0v) is 5.78. The summed E-state index contributed by atoms with van der Waals surface area (Å²) in [5.41, 5.74) is 0. The average Bonchev–Trinajstić information content (AvgIpc) is 2.11. The first-order valence-corrected chi connectivity index (χ1v) is 3.29. The van der Waals surface area contributed by atoms with Crippen molar-refractivity contribution in [1.29, 1.82) is 0 Å². The molecule has 1 saturated heterocycles. The molecular formula is C6H10F3N. The summed E-state index contributed by atoms with van der Waals surface area (Å²) in [5, 5.41) is 0. The van der Waals surface area contributed by atoms with Crippen molar-refractivity contribution in [1.82, 2.24) is 4.90 Å². The van der Waals surface area contributed by atoms with E-state index in [1.165, 1.54) is 11.9 Å². The molecule has 1 aliphatic rings. The molecule has 0 aliphatic carbocycles. The SMILES string of the molecule is CN1CCC[C@@H]1C(F)(F)F. The molecule has 0 saturated carbocycles. The number of rotatable bonds is 0. The maximum absolute atomic E-state index is 12.0. The molecule has 1 heterocycles. The summed E-state index contributed by atoms with van der Waals surface area (Å²) < 4.78 is 35.9. The van der Waals surface area contributed by atoms with E-state index in [1.54, 1.807) is 0 Å². The van der Waals surface area contributed by atoms with E-state index in [9.17, 15) is 13.2 Å². The summed E-state index contributed by atoms with van der Waals surface area (Å²) in [7, 11) is 1.52. The van der Waals surface area contributed by atoms with E-state index in [4.69, 9.17) is 0 Å². The van der Waals surface area contributed by atoms with E-state index in [0.717, 1.165) is 0 Å². The van der Waals surface area contributed by atoms with Crippen LogP contribution in [0, 0.1) is 0 Å². The van der Waals surface area contributed by atoms with Crippen molar-refractivity contribution >= 4 is 0 Å². The van der Waals surface area contributed by atoms with Crippen LogP contribution in [-0.2, 0) is 0 Å². The smallest absolute Gasteiger partial charge is 0.295 e. The molecule has 0 amide bonds. The first kappa shape index (κ1) is 7.85. The van der Waals surface area contributed by atoms with Crippen LogP contribution in [-0.4, -0.2) is 30.7 Å². The Balaban J connectivity index is 2.55. The number of hydrogen-bond acceptors (Lipinski definition) is 1. The lowest BCUT2D eigenvalue weighted by atomic mass is 10.2. The van der Waals surface area contributed by atoms with Gasteiger partial charge < -0.3 is 0 Å². The predicted molar refractivity (Wildman–Crippen MR) is 31.7 cm³/mol. The first-order chi connectivity index (χ1) is 4.52. The van der Waals surface area contributed by atoms with Gasteiger partial charge in [0.1, 0.15) is 6.04 Å². The number of nitrogens with zero attached hydrogens (tertiary/aromatic N) is 1. The summed E-state index contributed by atoms with van der Waals surface area (Å²) in [5.74, 6) is 0. The summed E-state index contributed by atoms with van der Waals surface area (Å²) in [6, 6.07) is -1.19. The summed E-state index contributed by atoms with van der Waals surface area (Å²) >= 11 is 0. The minimum absolute atomic E-state index is 0.264. The van der Waals surface area contributed by atoms with Crippen molar-refractivity contribution in [2.45, 2.75) is 25.1 Å². The maximum atomic E-state index is 12.0. The molecule has 0 N–H and O–H groups in total. The van der Waals surface area contributed by atoms with Gasteiger partial charge in [-0.05, 0) is 26.4 Å². The standard InChI is InChI=1S/C6H10F3N/c1-10-4-2-3-5(10)6(7,8)9/h5H,2-4H2,1H3/t5-/m1/s1. The van der Waals surface area contributed by atoms with E-state index >= 15 is 0 Å². The van der Waals surface area contributed by atoms with Gasteiger partial charge in [-0.2, -0.15) is 13.2 Å². The third-order valence-electron chi connectivity index (χ3n) is 1.90. The van der Waals surface area contributed by atoms with Crippen molar-refractivity contribution in [2.75, 3.05) is 13.6 Å². The zero-order chi connectivity index (χ0) is 7.78. The molecule has 1 fully saturated rings. The largest absolute Gasteiger partial charge is 0.404 e. The Morgan fingerprint density at radius 1 is 1.40 bits per heavy atom. The van der Waals surface area contributed by atoms with Crippen LogP contribution in [0.2, 0.25) is 0 Å². The summed E-state index contributed by atoms with van der Waals surface area (Å²) in [4.78, 5) is 1.36. The molecule has 60 valence electrons. The number of halogens is 3. The maximum Gasteiger partial charge on any atom is 0.404 e. The Bertz CT molecular complexity index is 121. The molecule has 0 spiro atoms. The fourth-order valence-corrected chi connectivity index (χ4v) is 1.32. The highest BCUT2D eigenvalue weighted by Crippen LogP contribution is 2.30. The van der Waals surface area contributed by atoms with Gasteiger partial charge in [0.25, 0.3) is 0 Å².